The molecule has 1 aromatic heterocycles. The van der Waals surface area contributed by atoms with Crippen molar-refractivity contribution in [1.82, 2.24) is 9.88 Å². The number of benzene rings is 2. The maximum Gasteiger partial charge on any atom is 0.183 e. The van der Waals surface area contributed by atoms with Crippen molar-refractivity contribution in [3.8, 4) is 0 Å². The summed E-state index contributed by atoms with van der Waals surface area (Å²) in [5, 5.41) is 6.02. The van der Waals surface area contributed by atoms with Crippen molar-refractivity contribution in [3.63, 3.8) is 0 Å². The zero-order chi connectivity index (χ0) is 22.3. The third-order valence-corrected chi connectivity index (χ3v) is 9.64. The van der Waals surface area contributed by atoms with E-state index >= 15 is 0 Å². The van der Waals surface area contributed by atoms with Crippen LogP contribution < -0.4 is 5.32 Å². The number of hydrogen-bond donors (Lipinski definition) is 1. The Morgan fingerprint density at radius 3 is 2.75 bits per heavy atom. The minimum atomic E-state index is -3.21. The lowest BCUT2D eigenvalue weighted by molar-refractivity contribution is 0.397. The van der Waals surface area contributed by atoms with Gasteiger partial charge in [0.1, 0.15) is 0 Å². The van der Waals surface area contributed by atoms with Crippen LogP contribution in [0.1, 0.15) is 24.8 Å². The Bertz CT molecular complexity index is 1270. The monoisotopic (exact) mass is 486 g/mol. The Morgan fingerprint density at radius 1 is 1.19 bits per heavy atom. The van der Waals surface area contributed by atoms with Crippen LogP contribution in [0.5, 0.6) is 0 Å². The van der Waals surface area contributed by atoms with E-state index in [4.69, 9.17) is 4.99 Å². The van der Waals surface area contributed by atoms with E-state index < -0.39 is 9.84 Å². The molecule has 1 saturated heterocycles. The second-order valence-corrected chi connectivity index (χ2v) is 12.7. The van der Waals surface area contributed by atoms with Crippen molar-refractivity contribution in [3.05, 3.63) is 48.0 Å². The number of rotatable bonds is 6. The number of fused-ring (bicyclic) bond motifs is 2. The normalized spacial score (nSPS) is 22.1. The van der Waals surface area contributed by atoms with Crippen molar-refractivity contribution in [2.45, 2.75) is 41.9 Å². The quantitative estimate of drug-likeness (QED) is 0.532. The molecule has 9 heteroatoms. The number of anilines is 1. The molecular formula is C23H26N4O2S3. The summed E-state index contributed by atoms with van der Waals surface area (Å²) in [6, 6.07) is 14.2. The summed E-state index contributed by atoms with van der Waals surface area (Å²) in [5.74, 6) is 0. The predicted molar refractivity (Wildman–Crippen MR) is 135 cm³/mol. The van der Waals surface area contributed by atoms with Crippen molar-refractivity contribution >= 4 is 59.1 Å². The Hall–Kier alpha value is -2.10. The van der Waals surface area contributed by atoms with Gasteiger partial charge in [0.2, 0.25) is 0 Å². The van der Waals surface area contributed by atoms with E-state index in [0.29, 0.717) is 16.2 Å². The minimum Gasteiger partial charge on any atom is -0.361 e. The van der Waals surface area contributed by atoms with E-state index in [0.717, 1.165) is 39.2 Å². The Morgan fingerprint density at radius 2 is 2.00 bits per heavy atom. The molecule has 1 saturated carbocycles. The number of nitrogens with one attached hydrogen (secondary N) is 1. The highest BCUT2D eigenvalue weighted by Gasteiger charge is 2.39. The van der Waals surface area contributed by atoms with Crippen LogP contribution in [-0.2, 0) is 16.3 Å². The average Bonchev–Trinajstić information content (AvgIpc) is 3.45. The molecule has 1 N–H and O–H groups in total. The fourth-order valence-corrected chi connectivity index (χ4v) is 7.47. The number of nitrogens with zero attached hydrogens (tertiary/aromatic N) is 3. The first-order valence-electron chi connectivity index (χ1n) is 10.8. The van der Waals surface area contributed by atoms with E-state index in [1.54, 1.807) is 18.2 Å². The Kier molecular flexibility index (Phi) is 5.90. The molecule has 2 aliphatic rings. The van der Waals surface area contributed by atoms with Gasteiger partial charge in [-0.15, -0.1) is 0 Å². The molecule has 0 spiro atoms. The molecule has 1 aliphatic heterocycles. The van der Waals surface area contributed by atoms with Gasteiger partial charge in [0.05, 0.1) is 20.8 Å². The van der Waals surface area contributed by atoms with Gasteiger partial charge < -0.3 is 10.2 Å². The summed E-state index contributed by atoms with van der Waals surface area (Å²) in [6.07, 6.45) is 6.02. The van der Waals surface area contributed by atoms with E-state index in [2.05, 4.69) is 46.5 Å². The van der Waals surface area contributed by atoms with Crippen LogP contribution in [0.25, 0.3) is 10.2 Å². The summed E-state index contributed by atoms with van der Waals surface area (Å²) in [5.41, 5.74) is 3.06. The van der Waals surface area contributed by atoms with Crippen molar-refractivity contribution in [2.75, 3.05) is 25.2 Å². The molecular weight excluding hydrogens is 460 g/mol. The standard InChI is InChI=1S/C23H26N4O2S3/c1-27-19-4-3-5-20(19)31-23(27)25-16-8-6-15(7-9-16)12-13-24-22-26-18-11-10-17(32(2,28)29)14-21(18)30-22/h6-11,14,19-20H,3-5,12-13H2,1-2H3,(H,24,26)/b25-23-/t19-,20?/m1/s1. The second kappa shape index (κ2) is 8.68. The van der Waals surface area contributed by atoms with Crippen molar-refractivity contribution in [2.24, 2.45) is 4.99 Å². The largest absolute Gasteiger partial charge is 0.361 e. The first-order valence-corrected chi connectivity index (χ1v) is 14.4. The molecule has 168 valence electrons. The van der Waals surface area contributed by atoms with Gasteiger partial charge >= 0.3 is 0 Å². The predicted octanol–water partition coefficient (Wildman–Crippen LogP) is 4.94. The van der Waals surface area contributed by atoms with Crippen LogP contribution >= 0.6 is 23.1 Å². The Balaban J connectivity index is 1.18. The van der Waals surface area contributed by atoms with Gasteiger partial charge in [-0.2, -0.15) is 0 Å². The van der Waals surface area contributed by atoms with Gasteiger partial charge in [0.25, 0.3) is 0 Å². The first-order chi connectivity index (χ1) is 15.4. The molecule has 1 aliphatic carbocycles. The highest BCUT2D eigenvalue weighted by molar-refractivity contribution is 8.14. The molecule has 32 heavy (non-hydrogen) atoms. The summed E-state index contributed by atoms with van der Waals surface area (Å²) in [4.78, 5) is 12.1. The molecule has 0 radical (unpaired) electrons. The van der Waals surface area contributed by atoms with Crippen molar-refractivity contribution in [1.29, 1.82) is 0 Å². The fourth-order valence-electron chi connectivity index (χ4n) is 4.33. The van der Waals surface area contributed by atoms with Gasteiger partial charge in [-0.25, -0.2) is 18.4 Å². The summed E-state index contributed by atoms with van der Waals surface area (Å²) in [7, 11) is -1.04. The van der Waals surface area contributed by atoms with Crippen LogP contribution in [-0.4, -0.2) is 54.6 Å². The third-order valence-electron chi connectivity index (χ3n) is 6.11. The van der Waals surface area contributed by atoms with Gasteiger partial charge in [0, 0.05) is 31.1 Å². The van der Waals surface area contributed by atoms with Crippen LogP contribution in [0.4, 0.5) is 10.8 Å². The molecule has 2 heterocycles. The van der Waals surface area contributed by atoms with E-state index in [-0.39, 0.29) is 0 Å². The van der Waals surface area contributed by atoms with Crippen LogP contribution in [0.2, 0.25) is 0 Å². The molecule has 6 nitrogen and oxygen atoms in total. The second-order valence-electron chi connectivity index (χ2n) is 8.42. The molecule has 2 atom stereocenters. The number of thiazole rings is 1. The third kappa shape index (κ3) is 4.51. The smallest absolute Gasteiger partial charge is 0.183 e. The molecule has 0 bridgehead atoms. The summed E-state index contributed by atoms with van der Waals surface area (Å²) < 4.78 is 24.4. The molecule has 5 rings (SSSR count). The lowest BCUT2D eigenvalue weighted by Gasteiger charge is -2.19. The highest BCUT2D eigenvalue weighted by Crippen LogP contribution is 2.41. The van der Waals surface area contributed by atoms with Gasteiger partial charge in [0.15, 0.2) is 20.1 Å². The number of hydrogen-bond acceptors (Lipinski definition) is 7. The molecule has 2 aromatic carbocycles. The highest BCUT2D eigenvalue weighted by atomic mass is 32.2. The fraction of sp³-hybridized carbons (Fsp3) is 0.391. The Labute approximate surface area is 197 Å². The zero-order valence-electron chi connectivity index (χ0n) is 18.1. The van der Waals surface area contributed by atoms with E-state index in [1.165, 1.54) is 42.4 Å². The van der Waals surface area contributed by atoms with Gasteiger partial charge in [-0.1, -0.05) is 41.7 Å². The summed E-state index contributed by atoms with van der Waals surface area (Å²) in [6.45, 7) is 0.759. The topological polar surface area (TPSA) is 74.7 Å². The molecule has 0 amide bonds. The first kappa shape index (κ1) is 21.7. The number of aliphatic imine (C=N–C) groups is 1. The van der Waals surface area contributed by atoms with E-state index in [1.807, 2.05) is 11.8 Å². The number of thioether (sulfide) groups is 1. The van der Waals surface area contributed by atoms with Crippen LogP contribution in [0, 0.1) is 0 Å². The number of sulfone groups is 1. The summed E-state index contributed by atoms with van der Waals surface area (Å²) >= 11 is 3.41. The maximum atomic E-state index is 11.8. The number of amidine groups is 1. The van der Waals surface area contributed by atoms with Crippen molar-refractivity contribution < 1.29 is 8.42 Å². The van der Waals surface area contributed by atoms with Crippen LogP contribution in [0.15, 0.2) is 52.4 Å². The SMILES string of the molecule is CN1/C(=N/c2ccc(CCNc3nc4ccc(S(C)(=O)=O)cc4s3)cc2)SC2CCC[C@H]21. The van der Waals surface area contributed by atoms with Crippen LogP contribution in [0.3, 0.4) is 0 Å². The molecule has 2 fully saturated rings. The number of aromatic nitrogens is 1. The lowest BCUT2D eigenvalue weighted by Crippen LogP contribution is -2.30. The van der Waals surface area contributed by atoms with E-state index in [9.17, 15) is 8.42 Å². The zero-order valence-corrected chi connectivity index (χ0v) is 20.6. The lowest BCUT2D eigenvalue weighted by atomic mass is 10.1. The van der Waals surface area contributed by atoms with Gasteiger partial charge in [-0.05, 0) is 55.2 Å². The molecule has 3 aromatic rings. The maximum absolute atomic E-state index is 11.8. The average molecular weight is 487 g/mol. The van der Waals surface area contributed by atoms with Gasteiger partial charge in [-0.3, -0.25) is 0 Å². The molecule has 1 unspecified atom stereocenters. The minimum absolute atomic E-state index is 0.328.